The van der Waals surface area contributed by atoms with E-state index in [0.29, 0.717) is 51.7 Å². The van der Waals surface area contributed by atoms with Gasteiger partial charge in [-0.15, -0.1) is 0 Å². The number of cyclic esters (lactones) is 1. The second-order valence-electron chi connectivity index (χ2n) is 11.4. The van der Waals surface area contributed by atoms with Crippen molar-refractivity contribution in [1.29, 1.82) is 0 Å². The summed E-state index contributed by atoms with van der Waals surface area (Å²) in [5.74, 6) is -0.0955. The van der Waals surface area contributed by atoms with Gasteiger partial charge < -0.3 is 30.6 Å². The number of carbonyl (C=O) groups is 1. The van der Waals surface area contributed by atoms with Gasteiger partial charge >= 0.3 is 5.97 Å². The first-order valence-corrected chi connectivity index (χ1v) is 12.6. The zero-order valence-corrected chi connectivity index (χ0v) is 19.5. The van der Waals surface area contributed by atoms with Gasteiger partial charge in [-0.25, -0.2) is 4.79 Å². The van der Waals surface area contributed by atoms with Gasteiger partial charge in [0.05, 0.1) is 30.5 Å². The minimum atomic E-state index is -1.06. The Kier molecular flexibility index (Phi) is 5.67. The van der Waals surface area contributed by atoms with E-state index in [1.54, 1.807) is 6.08 Å². The Morgan fingerprint density at radius 3 is 2.67 bits per heavy atom. The molecule has 0 aromatic carbocycles. The largest absolute Gasteiger partial charge is 0.458 e. The van der Waals surface area contributed by atoms with Gasteiger partial charge in [-0.3, -0.25) is 0 Å². The van der Waals surface area contributed by atoms with Crippen molar-refractivity contribution >= 4 is 12.2 Å². The zero-order valence-electron chi connectivity index (χ0n) is 19.5. The number of aliphatic hydroxyl groups excluding tert-OH is 2. The predicted molar refractivity (Wildman–Crippen MR) is 121 cm³/mol. The summed E-state index contributed by atoms with van der Waals surface area (Å²) in [6.07, 6.45) is 8.88. The van der Waals surface area contributed by atoms with E-state index in [4.69, 9.17) is 9.84 Å². The van der Waals surface area contributed by atoms with Gasteiger partial charge in [0.2, 0.25) is 0 Å². The summed E-state index contributed by atoms with van der Waals surface area (Å²) in [6, 6.07) is 0. The molecule has 1 aliphatic heterocycles. The van der Waals surface area contributed by atoms with Crippen LogP contribution in [0.4, 0.5) is 0 Å². The van der Waals surface area contributed by atoms with Crippen LogP contribution in [-0.2, 0) is 9.53 Å². The molecule has 5 aliphatic rings. The number of rotatable bonds is 5. The van der Waals surface area contributed by atoms with Gasteiger partial charge in [0.1, 0.15) is 6.61 Å². The summed E-state index contributed by atoms with van der Waals surface area (Å²) < 4.78 is 5.20. The van der Waals surface area contributed by atoms with Crippen LogP contribution in [0.15, 0.2) is 16.8 Å². The van der Waals surface area contributed by atoms with E-state index in [1.165, 1.54) is 0 Å². The highest BCUT2D eigenvalue weighted by atomic mass is 16.5. The fourth-order valence-corrected chi connectivity index (χ4v) is 8.64. The van der Waals surface area contributed by atoms with Crippen molar-refractivity contribution in [3.05, 3.63) is 11.6 Å². The Morgan fingerprint density at radius 1 is 1.15 bits per heavy atom. The van der Waals surface area contributed by atoms with Crippen LogP contribution in [0.2, 0.25) is 0 Å². The van der Waals surface area contributed by atoms with Crippen molar-refractivity contribution in [2.45, 2.75) is 82.0 Å². The number of hydrogen-bond acceptors (Lipinski definition) is 8. The van der Waals surface area contributed by atoms with E-state index in [0.717, 1.165) is 24.8 Å². The van der Waals surface area contributed by atoms with Gasteiger partial charge in [-0.2, -0.15) is 5.10 Å². The molecule has 0 radical (unpaired) electrons. The second-order valence-corrected chi connectivity index (χ2v) is 11.4. The number of ether oxygens (including phenoxy) is 1. The summed E-state index contributed by atoms with van der Waals surface area (Å²) in [5.41, 5.74) is 0.968. The van der Waals surface area contributed by atoms with E-state index in [-0.39, 0.29) is 35.7 Å². The average molecular weight is 463 g/mol. The highest BCUT2D eigenvalue weighted by Crippen LogP contribution is 2.70. The smallest absolute Gasteiger partial charge is 0.331 e. The van der Waals surface area contributed by atoms with Crippen LogP contribution in [0.3, 0.4) is 0 Å². The summed E-state index contributed by atoms with van der Waals surface area (Å²) in [7, 11) is 0. The van der Waals surface area contributed by atoms with E-state index in [2.05, 4.69) is 17.5 Å². The van der Waals surface area contributed by atoms with Crippen LogP contribution in [0.25, 0.3) is 0 Å². The normalized spacial score (nSPS) is 49.2. The third kappa shape index (κ3) is 3.24. The summed E-state index contributed by atoms with van der Waals surface area (Å²) in [6.45, 7) is 2.82. The van der Waals surface area contributed by atoms with Crippen molar-refractivity contribution in [2.24, 2.45) is 33.7 Å². The fourth-order valence-electron chi connectivity index (χ4n) is 8.64. The number of hydrazone groups is 1. The Hall–Kier alpha value is -1.48. The Balaban J connectivity index is 1.50. The third-order valence-electron chi connectivity index (χ3n) is 10.2. The monoisotopic (exact) mass is 462 g/mol. The SMILES string of the molecule is C[C@]12CC[C@H]3[C@@H](CC[C@@]4(O)C[C@@H](O)CC[C@]34/C=N\NCCO)[C@]1(O)CC[C@@H]2C1=CC(=O)OC1. The second kappa shape index (κ2) is 8.04. The number of carbonyl (C=O) groups excluding carboxylic acids is 1. The van der Waals surface area contributed by atoms with E-state index < -0.39 is 22.7 Å². The van der Waals surface area contributed by atoms with Gasteiger partial charge in [-0.1, -0.05) is 6.92 Å². The predicted octanol–water partition coefficient (Wildman–Crippen LogP) is 1.27. The zero-order chi connectivity index (χ0) is 23.5. The van der Waals surface area contributed by atoms with Crippen LogP contribution in [0.5, 0.6) is 0 Å². The fraction of sp³-hybridized carbons (Fsp3) is 0.840. The van der Waals surface area contributed by atoms with Gasteiger partial charge in [0.15, 0.2) is 0 Å². The third-order valence-corrected chi connectivity index (χ3v) is 10.2. The van der Waals surface area contributed by atoms with Crippen molar-refractivity contribution in [3.8, 4) is 0 Å². The van der Waals surface area contributed by atoms with Crippen molar-refractivity contribution in [3.63, 3.8) is 0 Å². The summed E-state index contributed by atoms with van der Waals surface area (Å²) >= 11 is 0. The molecule has 4 fully saturated rings. The Labute approximate surface area is 195 Å². The van der Waals surface area contributed by atoms with E-state index in [1.807, 2.05) is 6.21 Å². The summed E-state index contributed by atoms with van der Waals surface area (Å²) in [4.78, 5) is 11.7. The topological polar surface area (TPSA) is 132 Å². The standard InChI is InChI=1S/C25H38N2O6/c1-22-6-3-19-20(25(22,32)9-5-18(22)16-12-21(30)33-14-16)4-8-24(31)13-17(29)2-7-23(19,24)15-27-26-10-11-28/h12,15,17-20,26,28-29,31-32H,2-11,13-14H2,1H3/b27-15-/t17-,18+,19-,20+,22+,23-,24+,25+/m0/s1. The molecular formula is C25H38N2O6. The molecule has 0 unspecified atom stereocenters. The molecule has 5 rings (SSSR count). The van der Waals surface area contributed by atoms with E-state index in [9.17, 15) is 20.1 Å². The molecule has 8 heteroatoms. The lowest BCUT2D eigenvalue weighted by atomic mass is 9.41. The molecule has 1 heterocycles. The molecule has 4 saturated carbocycles. The number of nitrogens with one attached hydrogen (secondary N) is 1. The minimum Gasteiger partial charge on any atom is -0.458 e. The van der Waals surface area contributed by atoms with E-state index >= 15 is 0 Å². The molecule has 0 saturated heterocycles. The average Bonchev–Trinajstić information content (AvgIpc) is 3.31. The molecule has 0 aromatic heterocycles. The number of hydrogen-bond donors (Lipinski definition) is 5. The molecule has 0 aromatic rings. The maximum absolute atomic E-state index is 12.3. The molecule has 0 spiro atoms. The molecule has 5 N–H and O–H groups in total. The molecule has 8 nitrogen and oxygen atoms in total. The number of esters is 1. The quantitative estimate of drug-likeness (QED) is 0.180. The van der Waals surface area contributed by atoms with Gasteiger partial charge in [-0.05, 0) is 74.7 Å². The van der Waals surface area contributed by atoms with Gasteiger partial charge in [0, 0.05) is 29.5 Å². The highest BCUT2D eigenvalue weighted by Gasteiger charge is 2.71. The van der Waals surface area contributed by atoms with Gasteiger partial charge in [0.25, 0.3) is 0 Å². The number of aliphatic hydroxyl groups is 4. The van der Waals surface area contributed by atoms with Crippen LogP contribution >= 0.6 is 0 Å². The van der Waals surface area contributed by atoms with Crippen molar-refractivity contribution in [2.75, 3.05) is 19.8 Å². The molecule has 184 valence electrons. The molecule has 33 heavy (non-hydrogen) atoms. The van der Waals surface area contributed by atoms with Crippen LogP contribution in [0.1, 0.15) is 64.7 Å². The lowest BCUT2D eigenvalue weighted by Crippen LogP contribution is -2.68. The summed E-state index contributed by atoms with van der Waals surface area (Å²) in [5, 5.41) is 48.1. The Morgan fingerprint density at radius 2 is 1.94 bits per heavy atom. The Bertz CT molecular complexity index is 862. The minimum absolute atomic E-state index is 0.0136. The first kappa shape index (κ1) is 23.3. The first-order valence-electron chi connectivity index (χ1n) is 12.6. The lowest BCUT2D eigenvalue weighted by Gasteiger charge is -2.65. The maximum Gasteiger partial charge on any atom is 0.331 e. The first-order chi connectivity index (χ1) is 15.7. The highest BCUT2D eigenvalue weighted by molar-refractivity contribution is 5.85. The number of fused-ring (bicyclic) bond motifs is 5. The molecule has 4 aliphatic carbocycles. The van der Waals surface area contributed by atoms with Crippen molar-refractivity contribution < 1.29 is 30.0 Å². The molecule has 0 amide bonds. The molecular weight excluding hydrogens is 424 g/mol. The lowest BCUT2D eigenvalue weighted by molar-refractivity contribution is -0.237. The number of nitrogens with zero attached hydrogens (tertiary/aromatic N) is 1. The maximum atomic E-state index is 12.3. The molecule has 8 atom stereocenters. The van der Waals surface area contributed by atoms with Crippen molar-refractivity contribution in [1.82, 2.24) is 5.43 Å². The van der Waals surface area contributed by atoms with Crippen LogP contribution in [-0.4, -0.2) is 69.7 Å². The van der Waals surface area contributed by atoms with Crippen LogP contribution in [0, 0.1) is 28.6 Å². The molecule has 0 bridgehead atoms. The van der Waals surface area contributed by atoms with Crippen LogP contribution < -0.4 is 5.43 Å².